The van der Waals surface area contributed by atoms with Crippen LogP contribution in [0.1, 0.15) is 110 Å². The summed E-state index contributed by atoms with van der Waals surface area (Å²) < 4.78 is 5.42. The maximum atomic E-state index is 14.0. The normalized spacial score (nSPS) is 18.2. The molecule has 0 radical (unpaired) electrons. The molecule has 2 aliphatic rings. The summed E-state index contributed by atoms with van der Waals surface area (Å²) in [5.41, 5.74) is 0.617. The highest BCUT2D eigenvalue weighted by atomic mass is 16.5. The molecule has 10 nitrogen and oxygen atoms in total. The van der Waals surface area contributed by atoms with Gasteiger partial charge in [-0.3, -0.25) is 33.6 Å². The van der Waals surface area contributed by atoms with Crippen molar-refractivity contribution in [2.24, 2.45) is 23.7 Å². The van der Waals surface area contributed by atoms with Crippen LogP contribution >= 0.6 is 0 Å². The summed E-state index contributed by atoms with van der Waals surface area (Å²) in [4.78, 5) is 92.9. The van der Waals surface area contributed by atoms with E-state index in [1.54, 1.807) is 42.5 Å². The zero-order chi connectivity index (χ0) is 35.2. The largest absolute Gasteiger partial charge is 0.465 e. The Hall–Kier alpha value is -3.95. The molecule has 1 saturated carbocycles. The Bertz CT molecular complexity index is 1330. The van der Waals surface area contributed by atoms with Gasteiger partial charge in [-0.05, 0) is 43.6 Å². The molecule has 1 N–H and O–H groups in total. The number of amides is 2. The molecule has 1 fully saturated rings. The van der Waals surface area contributed by atoms with Crippen LogP contribution in [-0.4, -0.2) is 65.0 Å². The van der Waals surface area contributed by atoms with Crippen molar-refractivity contribution in [2.45, 2.75) is 110 Å². The van der Waals surface area contributed by atoms with Crippen LogP contribution in [0.15, 0.2) is 42.5 Å². The lowest BCUT2D eigenvalue weighted by atomic mass is 9.77. The van der Waals surface area contributed by atoms with Crippen LogP contribution in [0.4, 0.5) is 0 Å². The maximum Gasteiger partial charge on any atom is 0.306 e. The Morgan fingerprint density at radius 1 is 0.938 bits per heavy atom. The van der Waals surface area contributed by atoms with Gasteiger partial charge in [0.15, 0.2) is 17.3 Å². The van der Waals surface area contributed by atoms with Gasteiger partial charge in [0.25, 0.3) is 0 Å². The summed E-state index contributed by atoms with van der Waals surface area (Å²) in [6, 6.07) is 7.01. The molecule has 48 heavy (non-hydrogen) atoms. The van der Waals surface area contributed by atoms with Crippen LogP contribution in [0, 0.1) is 23.7 Å². The summed E-state index contributed by atoms with van der Waals surface area (Å²) >= 11 is 0. The molecule has 2 amide bonds. The molecule has 10 heteroatoms. The van der Waals surface area contributed by atoms with Crippen molar-refractivity contribution in [2.75, 3.05) is 13.2 Å². The van der Waals surface area contributed by atoms with Crippen molar-refractivity contribution in [1.82, 2.24) is 10.2 Å². The number of hydrogen-bond donors (Lipinski definition) is 1. The molecular weight excluding hydrogens is 612 g/mol. The SMILES string of the molecule is CCCC(CC(=O)[C@@H]1C=CCN1C(=O)[C@@H](CC(=O)OCC(C)C)C1CCCCC1)C(=O)C(=O)CCC(=O)N[C@H](C(C)=O)c1ccccc1. The number of benzene rings is 1. The standard InChI is InChI=1S/C38H52N2O8/c1-5-13-29(37(46)32(42)19-20-34(44)39-36(26(4)41)28-16-10-7-11-17-28)22-33(43)31-18-12-21-40(31)38(47)30(27-14-8-6-9-15-27)23-35(45)48-24-25(2)3/h7,10-12,16-18,25,27,29-31,36H,5-6,8-9,13-15,19-24H2,1-4H3,(H,39,44)/t29?,30-,31-,36+/m0/s1. The predicted molar refractivity (Wildman–Crippen MR) is 180 cm³/mol. The Morgan fingerprint density at radius 2 is 1.62 bits per heavy atom. The van der Waals surface area contributed by atoms with Gasteiger partial charge in [0, 0.05) is 31.7 Å². The first-order valence-corrected chi connectivity index (χ1v) is 17.5. The zero-order valence-electron chi connectivity index (χ0n) is 28.9. The van der Waals surface area contributed by atoms with Crippen LogP contribution < -0.4 is 5.32 Å². The number of nitrogens with zero attached hydrogens (tertiary/aromatic N) is 1. The van der Waals surface area contributed by atoms with Gasteiger partial charge in [-0.2, -0.15) is 0 Å². The number of nitrogens with one attached hydrogen (secondary N) is 1. The van der Waals surface area contributed by atoms with Crippen molar-refractivity contribution in [3.05, 3.63) is 48.0 Å². The molecule has 3 rings (SSSR count). The number of rotatable bonds is 19. The zero-order valence-corrected chi connectivity index (χ0v) is 28.9. The van der Waals surface area contributed by atoms with E-state index in [1.165, 1.54) is 11.8 Å². The molecule has 1 aliphatic carbocycles. The number of carbonyl (C=O) groups is 7. The molecule has 1 heterocycles. The third-order valence-electron chi connectivity index (χ3n) is 9.22. The third kappa shape index (κ3) is 11.3. The van der Waals surface area contributed by atoms with Crippen molar-refractivity contribution < 1.29 is 38.3 Å². The fourth-order valence-corrected chi connectivity index (χ4v) is 6.65. The average Bonchev–Trinajstić information content (AvgIpc) is 3.58. The van der Waals surface area contributed by atoms with E-state index in [0.29, 0.717) is 18.4 Å². The molecule has 0 aromatic heterocycles. The van der Waals surface area contributed by atoms with Gasteiger partial charge in [-0.1, -0.05) is 88.9 Å². The Kier molecular flexibility index (Phi) is 15.4. The first-order chi connectivity index (χ1) is 22.9. The first-order valence-electron chi connectivity index (χ1n) is 17.5. The molecule has 0 spiro atoms. The molecule has 1 aromatic carbocycles. The fourth-order valence-electron chi connectivity index (χ4n) is 6.65. The van der Waals surface area contributed by atoms with E-state index in [-0.39, 0.29) is 68.1 Å². The van der Waals surface area contributed by atoms with E-state index >= 15 is 0 Å². The van der Waals surface area contributed by atoms with Gasteiger partial charge >= 0.3 is 5.97 Å². The van der Waals surface area contributed by atoms with E-state index in [4.69, 9.17) is 4.74 Å². The number of esters is 1. The van der Waals surface area contributed by atoms with Gasteiger partial charge in [-0.15, -0.1) is 0 Å². The Labute approximate surface area is 284 Å². The number of hydrogen-bond acceptors (Lipinski definition) is 8. The van der Waals surface area contributed by atoms with Gasteiger partial charge < -0.3 is 15.0 Å². The molecule has 1 unspecified atom stereocenters. The minimum absolute atomic E-state index is 0.0249. The Balaban J connectivity index is 1.63. The highest BCUT2D eigenvalue weighted by Gasteiger charge is 2.40. The van der Waals surface area contributed by atoms with Crippen molar-refractivity contribution >= 4 is 40.9 Å². The van der Waals surface area contributed by atoms with E-state index < -0.39 is 47.4 Å². The van der Waals surface area contributed by atoms with Gasteiger partial charge in [0.1, 0.15) is 12.1 Å². The maximum absolute atomic E-state index is 14.0. The van der Waals surface area contributed by atoms with E-state index in [1.807, 2.05) is 20.8 Å². The highest BCUT2D eigenvalue weighted by Crippen LogP contribution is 2.34. The minimum Gasteiger partial charge on any atom is -0.465 e. The van der Waals surface area contributed by atoms with E-state index in [9.17, 15) is 33.6 Å². The second-order valence-corrected chi connectivity index (χ2v) is 13.6. The van der Waals surface area contributed by atoms with E-state index in [2.05, 4.69) is 5.32 Å². The minimum atomic E-state index is -0.884. The summed E-state index contributed by atoms with van der Waals surface area (Å²) in [5, 5.41) is 2.64. The van der Waals surface area contributed by atoms with Crippen molar-refractivity contribution in [3.63, 3.8) is 0 Å². The quantitative estimate of drug-likeness (QED) is 0.120. The summed E-state index contributed by atoms with van der Waals surface area (Å²) in [6.07, 6.45) is 8.13. The van der Waals surface area contributed by atoms with Crippen LogP contribution in [0.3, 0.4) is 0 Å². The number of ketones is 4. The topological polar surface area (TPSA) is 144 Å². The van der Waals surface area contributed by atoms with Crippen LogP contribution in [0.2, 0.25) is 0 Å². The van der Waals surface area contributed by atoms with Crippen LogP contribution in [0.25, 0.3) is 0 Å². The van der Waals surface area contributed by atoms with Gasteiger partial charge in [-0.25, -0.2) is 0 Å². The van der Waals surface area contributed by atoms with Gasteiger partial charge in [0.05, 0.1) is 18.9 Å². The van der Waals surface area contributed by atoms with Crippen LogP contribution in [-0.2, 0) is 38.3 Å². The lowest BCUT2D eigenvalue weighted by Crippen LogP contribution is -2.47. The molecule has 0 saturated heterocycles. The van der Waals surface area contributed by atoms with Crippen molar-refractivity contribution in [3.8, 4) is 0 Å². The summed E-state index contributed by atoms with van der Waals surface area (Å²) in [5.74, 6) is -4.54. The third-order valence-corrected chi connectivity index (χ3v) is 9.22. The number of ether oxygens (including phenoxy) is 1. The summed E-state index contributed by atoms with van der Waals surface area (Å²) in [7, 11) is 0. The summed E-state index contributed by atoms with van der Waals surface area (Å²) in [6.45, 7) is 7.62. The lowest BCUT2D eigenvalue weighted by Gasteiger charge is -2.34. The second kappa shape index (κ2) is 19.1. The monoisotopic (exact) mass is 664 g/mol. The van der Waals surface area contributed by atoms with E-state index in [0.717, 1.165) is 32.1 Å². The smallest absolute Gasteiger partial charge is 0.306 e. The molecule has 1 aromatic rings. The number of Topliss-reactive ketones (excluding diaryl/α,β-unsaturated/α-hetero) is 4. The van der Waals surface area contributed by atoms with Gasteiger partial charge in [0.2, 0.25) is 17.6 Å². The van der Waals surface area contributed by atoms with Crippen LogP contribution in [0.5, 0.6) is 0 Å². The molecular formula is C38H52N2O8. The highest BCUT2D eigenvalue weighted by molar-refractivity contribution is 6.38. The predicted octanol–water partition coefficient (Wildman–Crippen LogP) is 5.28. The second-order valence-electron chi connectivity index (χ2n) is 13.6. The molecule has 0 bridgehead atoms. The first kappa shape index (κ1) is 38.5. The number of carbonyl (C=O) groups excluding carboxylic acids is 7. The molecule has 1 aliphatic heterocycles. The lowest BCUT2D eigenvalue weighted by molar-refractivity contribution is -0.152. The van der Waals surface area contributed by atoms with Crippen molar-refractivity contribution in [1.29, 1.82) is 0 Å². The fraction of sp³-hybridized carbons (Fsp3) is 0.605. The molecule has 262 valence electrons. The Morgan fingerprint density at radius 3 is 2.25 bits per heavy atom. The average molecular weight is 665 g/mol. The molecule has 4 atom stereocenters.